The van der Waals surface area contributed by atoms with Crippen LogP contribution in [0.15, 0.2) is 6.07 Å². The lowest BCUT2D eigenvalue weighted by Gasteiger charge is -2.09. The van der Waals surface area contributed by atoms with Crippen molar-refractivity contribution in [1.29, 1.82) is 0 Å². The molecule has 94 valence electrons. The van der Waals surface area contributed by atoms with Gasteiger partial charge in [-0.15, -0.1) is 0 Å². The van der Waals surface area contributed by atoms with Gasteiger partial charge in [0, 0.05) is 13.6 Å². The minimum Gasteiger partial charge on any atom is -0.351 e. The van der Waals surface area contributed by atoms with Crippen molar-refractivity contribution in [2.75, 3.05) is 19.6 Å². The van der Waals surface area contributed by atoms with Crippen molar-refractivity contribution in [2.24, 2.45) is 13.0 Å². The van der Waals surface area contributed by atoms with Crippen LogP contribution in [0.5, 0.6) is 0 Å². The van der Waals surface area contributed by atoms with Crippen molar-refractivity contribution in [3.05, 3.63) is 17.5 Å². The Bertz CT molecular complexity index is 393. The van der Waals surface area contributed by atoms with E-state index in [2.05, 4.69) is 15.7 Å². The molecule has 2 heterocycles. The van der Waals surface area contributed by atoms with E-state index in [-0.39, 0.29) is 5.91 Å². The molecule has 5 nitrogen and oxygen atoms in total. The number of nitrogens with zero attached hydrogens (tertiary/aromatic N) is 2. The molecule has 1 saturated heterocycles. The molecule has 1 unspecified atom stereocenters. The van der Waals surface area contributed by atoms with Crippen LogP contribution in [-0.4, -0.2) is 35.3 Å². The first-order valence-corrected chi connectivity index (χ1v) is 6.16. The predicted octanol–water partition coefficient (Wildman–Crippen LogP) is 0.458. The lowest BCUT2D eigenvalue weighted by Crippen LogP contribution is -2.28. The topological polar surface area (TPSA) is 59.0 Å². The molecule has 1 atom stereocenters. The Balaban J connectivity index is 1.78. The summed E-state index contributed by atoms with van der Waals surface area (Å²) in [5.41, 5.74) is 1.50. The molecule has 1 aliphatic heterocycles. The molecule has 2 N–H and O–H groups in total. The maximum atomic E-state index is 11.9. The second-order valence-electron chi connectivity index (χ2n) is 4.70. The number of amides is 1. The van der Waals surface area contributed by atoms with Gasteiger partial charge in [0.15, 0.2) is 0 Å². The molecule has 17 heavy (non-hydrogen) atoms. The molecule has 2 rings (SSSR count). The van der Waals surface area contributed by atoms with Crippen LogP contribution in [0.3, 0.4) is 0 Å². The maximum absolute atomic E-state index is 11.9. The quantitative estimate of drug-likeness (QED) is 0.798. The van der Waals surface area contributed by atoms with E-state index >= 15 is 0 Å². The van der Waals surface area contributed by atoms with Crippen molar-refractivity contribution >= 4 is 5.91 Å². The minimum atomic E-state index is -0.0287. The molecule has 1 aliphatic rings. The molecule has 0 aliphatic carbocycles. The largest absolute Gasteiger partial charge is 0.351 e. The van der Waals surface area contributed by atoms with E-state index in [4.69, 9.17) is 0 Å². The Morgan fingerprint density at radius 1 is 1.71 bits per heavy atom. The summed E-state index contributed by atoms with van der Waals surface area (Å²) in [7, 11) is 1.79. The van der Waals surface area contributed by atoms with E-state index in [1.54, 1.807) is 11.7 Å². The normalized spacial score (nSPS) is 19.5. The highest BCUT2D eigenvalue weighted by Crippen LogP contribution is 2.11. The smallest absolute Gasteiger partial charge is 0.269 e. The monoisotopic (exact) mass is 236 g/mol. The Morgan fingerprint density at radius 2 is 2.53 bits per heavy atom. The van der Waals surface area contributed by atoms with Gasteiger partial charge in [0.2, 0.25) is 0 Å². The minimum absolute atomic E-state index is 0.0287. The van der Waals surface area contributed by atoms with E-state index in [1.165, 1.54) is 6.42 Å². The molecule has 0 spiro atoms. The van der Waals surface area contributed by atoms with E-state index in [0.717, 1.165) is 31.7 Å². The number of nitrogens with one attached hydrogen (secondary N) is 2. The fourth-order valence-electron chi connectivity index (χ4n) is 2.26. The number of rotatable bonds is 4. The van der Waals surface area contributed by atoms with Crippen LogP contribution < -0.4 is 10.6 Å². The number of hydrogen-bond acceptors (Lipinski definition) is 3. The Labute approximate surface area is 102 Å². The third-order valence-corrected chi connectivity index (χ3v) is 3.24. The molecule has 5 heteroatoms. The predicted molar refractivity (Wildman–Crippen MR) is 65.9 cm³/mol. The molecule has 1 aromatic heterocycles. The van der Waals surface area contributed by atoms with Crippen LogP contribution in [0.1, 0.15) is 29.0 Å². The lowest BCUT2D eigenvalue weighted by atomic mass is 10.1. The summed E-state index contributed by atoms with van der Waals surface area (Å²) in [6, 6.07) is 1.81. The van der Waals surface area contributed by atoms with Crippen molar-refractivity contribution in [3.63, 3.8) is 0 Å². The van der Waals surface area contributed by atoms with Crippen molar-refractivity contribution in [2.45, 2.75) is 19.8 Å². The van der Waals surface area contributed by atoms with Gasteiger partial charge in [-0.05, 0) is 44.8 Å². The SMILES string of the molecule is Cc1cc(C(=O)NCCC2CCNC2)n(C)n1. The molecular formula is C12H20N4O. The molecule has 0 aromatic carbocycles. The molecule has 1 aromatic rings. The fourth-order valence-corrected chi connectivity index (χ4v) is 2.26. The zero-order valence-corrected chi connectivity index (χ0v) is 10.5. The summed E-state index contributed by atoms with van der Waals surface area (Å²) in [4.78, 5) is 11.9. The van der Waals surface area contributed by atoms with Gasteiger partial charge in [-0.1, -0.05) is 0 Å². The van der Waals surface area contributed by atoms with Gasteiger partial charge in [-0.3, -0.25) is 9.48 Å². The van der Waals surface area contributed by atoms with Gasteiger partial charge in [-0.2, -0.15) is 5.10 Å². The molecule has 0 radical (unpaired) electrons. The van der Waals surface area contributed by atoms with Crippen LogP contribution >= 0.6 is 0 Å². The Morgan fingerprint density at radius 3 is 3.12 bits per heavy atom. The van der Waals surface area contributed by atoms with E-state index in [1.807, 2.05) is 13.0 Å². The van der Waals surface area contributed by atoms with Crippen LogP contribution in [0.25, 0.3) is 0 Å². The van der Waals surface area contributed by atoms with E-state index < -0.39 is 0 Å². The highest BCUT2D eigenvalue weighted by Gasteiger charge is 2.15. The Kier molecular flexibility index (Phi) is 3.78. The summed E-state index contributed by atoms with van der Waals surface area (Å²) in [6.45, 7) is 4.83. The molecule has 0 bridgehead atoms. The van der Waals surface area contributed by atoms with Crippen molar-refractivity contribution in [1.82, 2.24) is 20.4 Å². The zero-order valence-electron chi connectivity index (χ0n) is 10.5. The van der Waals surface area contributed by atoms with Gasteiger partial charge in [0.25, 0.3) is 5.91 Å². The highest BCUT2D eigenvalue weighted by molar-refractivity contribution is 5.92. The second kappa shape index (κ2) is 5.31. The van der Waals surface area contributed by atoms with Gasteiger partial charge in [0.1, 0.15) is 5.69 Å². The van der Waals surface area contributed by atoms with Crippen LogP contribution in [0, 0.1) is 12.8 Å². The number of aryl methyl sites for hydroxylation is 2. The van der Waals surface area contributed by atoms with E-state index in [9.17, 15) is 4.79 Å². The third-order valence-electron chi connectivity index (χ3n) is 3.24. The number of aromatic nitrogens is 2. The van der Waals surface area contributed by atoms with Crippen LogP contribution in [0.2, 0.25) is 0 Å². The Hall–Kier alpha value is -1.36. The van der Waals surface area contributed by atoms with E-state index in [0.29, 0.717) is 11.6 Å². The average molecular weight is 236 g/mol. The number of carbonyl (C=O) groups excluding carboxylic acids is 1. The second-order valence-corrected chi connectivity index (χ2v) is 4.70. The summed E-state index contributed by atoms with van der Waals surface area (Å²) < 4.78 is 1.63. The maximum Gasteiger partial charge on any atom is 0.269 e. The van der Waals surface area contributed by atoms with Gasteiger partial charge in [-0.25, -0.2) is 0 Å². The standard InChI is InChI=1S/C12H20N4O/c1-9-7-11(16(2)15-9)12(17)14-6-4-10-3-5-13-8-10/h7,10,13H,3-6,8H2,1-2H3,(H,14,17). The van der Waals surface area contributed by atoms with Gasteiger partial charge >= 0.3 is 0 Å². The third kappa shape index (κ3) is 3.06. The summed E-state index contributed by atoms with van der Waals surface area (Å²) in [5.74, 6) is 0.683. The molecule has 0 saturated carbocycles. The number of carbonyl (C=O) groups is 1. The lowest BCUT2D eigenvalue weighted by molar-refractivity contribution is 0.0942. The van der Waals surface area contributed by atoms with Crippen LogP contribution in [-0.2, 0) is 7.05 Å². The van der Waals surface area contributed by atoms with Crippen molar-refractivity contribution in [3.8, 4) is 0 Å². The zero-order chi connectivity index (χ0) is 12.3. The summed E-state index contributed by atoms with van der Waals surface area (Å²) >= 11 is 0. The molecule has 1 fully saturated rings. The van der Waals surface area contributed by atoms with Crippen LogP contribution in [0.4, 0.5) is 0 Å². The van der Waals surface area contributed by atoms with Gasteiger partial charge < -0.3 is 10.6 Å². The first-order chi connectivity index (χ1) is 8.16. The fraction of sp³-hybridized carbons (Fsp3) is 0.667. The highest BCUT2D eigenvalue weighted by atomic mass is 16.2. The number of hydrogen-bond donors (Lipinski definition) is 2. The first kappa shape index (κ1) is 12.1. The molecule has 1 amide bonds. The first-order valence-electron chi connectivity index (χ1n) is 6.16. The summed E-state index contributed by atoms with van der Waals surface area (Å²) in [5, 5.41) is 10.4. The average Bonchev–Trinajstić information content (AvgIpc) is 2.88. The van der Waals surface area contributed by atoms with Crippen molar-refractivity contribution < 1.29 is 4.79 Å². The molecular weight excluding hydrogens is 216 g/mol. The van der Waals surface area contributed by atoms with Gasteiger partial charge in [0.05, 0.1) is 5.69 Å². The summed E-state index contributed by atoms with van der Waals surface area (Å²) in [6.07, 6.45) is 2.27.